The van der Waals surface area contributed by atoms with Gasteiger partial charge in [0.05, 0.1) is 31.5 Å². The van der Waals surface area contributed by atoms with Gasteiger partial charge in [-0.2, -0.15) is 27.2 Å². The molecule has 2 N–H and O–H groups in total. The summed E-state index contributed by atoms with van der Waals surface area (Å²) in [6, 6.07) is 7.14. The fourth-order valence-electron chi connectivity index (χ4n) is 3.61. The number of pyridine rings is 1. The molecule has 0 fully saturated rings. The number of alkyl halides is 5. The molecule has 0 saturated carbocycles. The molecule has 0 aliphatic rings. The molecule has 1 aromatic carbocycles. The number of primary amides is 1. The molecule has 184 valence electrons. The average molecular weight is 484 g/mol. The molecule has 2 atom stereocenters. The highest BCUT2D eigenvalue weighted by Crippen LogP contribution is 2.48. The highest BCUT2D eigenvalue weighted by Gasteiger charge is 2.65. The number of rotatable bonds is 10. The molecule has 6 nitrogen and oxygen atoms in total. The third kappa shape index (κ3) is 5.99. The van der Waals surface area contributed by atoms with E-state index in [2.05, 4.69) is 4.98 Å². The minimum absolute atomic E-state index is 0.104. The second kappa shape index (κ2) is 10.8. The predicted octanol–water partition coefficient (Wildman–Crippen LogP) is 4.72. The van der Waals surface area contributed by atoms with Crippen LogP contribution in [-0.2, 0) is 4.79 Å². The molecular formula is C23H25F5N4O2. The molecule has 1 aromatic heterocycles. The minimum Gasteiger partial charge on any atom is -0.481 e. The summed E-state index contributed by atoms with van der Waals surface area (Å²) in [5, 5.41) is 9.22. The van der Waals surface area contributed by atoms with Gasteiger partial charge in [-0.3, -0.25) is 9.69 Å². The molecule has 0 unspecified atom stereocenters. The topological polar surface area (TPSA) is 92.2 Å². The monoisotopic (exact) mass is 484 g/mol. The highest BCUT2D eigenvalue weighted by atomic mass is 19.4. The van der Waals surface area contributed by atoms with E-state index in [0.717, 1.165) is 12.1 Å². The maximum atomic E-state index is 14.9. The van der Waals surface area contributed by atoms with Crippen LogP contribution in [-0.4, -0.2) is 47.6 Å². The van der Waals surface area contributed by atoms with Crippen LogP contribution in [0.5, 0.6) is 5.88 Å². The Hall–Kier alpha value is -3.26. The van der Waals surface area contributed by atoms with Crippen molar-refractivity contribution in [2.24, 2.45) is 11.7 Å². The van der Waals surface area contributed by atoms with Gasteiger partial charge in [-0.1, -0.05) is 44.2 Å². The highest BCUT2D eigenvalue weighted by molar-refractivity contribution is 5.80. The maximum Gasteiger partial charge on any atom is 0.455 e. The van der Waals surface area contributed by atoms with Crippen LogP contribution in [0.1, 0.15) is 31.9 Å². The van der Waals surface area contributed by atoms with Crippen molar-refractivity contribution in [3.05, 3.63) is 48.0 Å². The van der Waals surface area contributed by atoms with E-state index >= 15 is 0 Å². The summed E-state index contributed by atoms with van der Waals surface area (Å²) in [6.07, 6.45) is -6.05. The molecule has 2 rings (SSSR count). The first-order chi connectivity index (χ1) is 15.8. The summed E-state index contributed by atoms with van der Waals surface area (Å²) >= 11 is 0. The van der Waals surface area contributed by atoms with Crippen molar-refractivity contribution in [2.45, 2.75) is 44.5 Å². The fraction of sp³-hybridized carbons (Fsp3) is 0.435. The molecule has 2 aromatic rings. The lowest BCUT2D eigenvalue weighted by molar-refractivity contribution is -0.306. The summed E-state index contributed by atoms with van der Waals surface area (Å²) in [5.41, 5.74) is 5.80. The van der Waals surface area contributed by atoms with Gasteiger partial charge >= 0.3 is 12.1 Å². The Balaban J connectivity index is 2.64. The molecule has 11 heteroatoms. The van der Waals surface area contributed by atoms with Gasteiger partial charge < -0.3 is 10.5 Å². The summed E-state index contributed by atoms with van der Waals surface area (Å²) in [6.45, 7) is 2.45. The van der Waals surface area contributed by atoms with Crippen molar-refractivity contribution in [3.8, 4) is 23.2 Å². The third-order valence-corrected chi connectivity index (χ3v) is 5.18. The largest absolute Gasteiger partial charge is 0.481 e. The molecule has 1 heterocycles. The number of hydrogen-bond donors (Lipinski definition) is 1. The van der Waals surface area contributed by atoms with Gasteiger partial charge in [-0.15, -0.1) is 0 Å². The average Bonchev–Trinajstić information content (AvgIpc) is 2.76. The fourth-order valence-corrected chi connectivity index (χ4v) is 3.61. The van der Waals surface area contributed by atoms with E-state index in [1.807, 2.05) is 0 Å². The molecule has 0 radical (unpaired) electrons. The second-order valence-electron chi connectivity index (χ2n) is 8.09. The van der Waals surface area contributed by atoms with Crippen LogP contribution in [0.4, 0.5) is 22.0 Å². The van der Waals surface area contributed by atoms with Crippen LogP contribution in [0, 0.1) is 17.2 Å². The van der Waals surface area contributed by atoms with Gasteiger partial charge in [-0.05, 0) is 24.0 Å². The van der Waals surface area contributed by atoms with Gasteiger partial charge in [0.2, 0.25) is 11.8 Å². The molecule has 0 aliphatic carbocycles. The van der Waals surface area contributed by atoms with E-state index in [-0.39, 0.29) is 12.3 Å². The minimum atomic E-state index is -5.95. The lowest BCUT2D eigenvalue weighted by Crippen LogP contribution is -2.56. The third-order valence-electron chi connectivity index (χ3n) is 5.18. The normalized spacial score (nSPS) is 14.0. The lowest BCUT2D eigenvalue weighted by Gasteiger charge is -2.40. The Morgan fingerprint density at radius 1 is 1.15 bits per heavy atom. The maximum absolute atomic E-state index is 14.9. The molecular weight excluding hydrogens is 459 g/mol. The Morgan fingerprint density at radius 3 is 2.24 bits per heavy atom. The number of methoxy groups -OCH3 is 1. The van der Waals surface area contributed by atoms with E-state index in [4.69, 9.17) is 10.5 Å². The molecule has 1 amide bonds. The Morgan fingerprint density at radius 2 is 1.76 bits per heavy atom. The molecule has 0 spiro atoms. The summed E-state index contributed by atoms with van der Waals surface area (Å²) in [5.74, 6) is -6.35. The van der Waals surface area contributed by atoms with Gasteiger partial charge in [0.1, 0.15) is 6.04 Å². The number of ether oxygens (including phenoxy) is 1. The first kappa shape index (κ1) is 27.0. The van der Waals surface area contributed by atoms with Crippen LogP contribution < -0.4 is 10.5 Å². The van der Waals surface area contributed by atoms with Crippen molar-refractivity contribution in [1.29, 1.82) is 5.26 Å². The molecule has 0 bridgehead atoms. The lowest BCUT2D eigenvalue weighted by atomic mass is 9.92. The zero-order valence-corrected chi connectivity index (χ0v) is 18.8. The van der Waals surface area contributed by atoms with Gasteiger partial charge in [-0.25, -0.2) is 4.98 Å². The van der Waals surface area contributed by atoms with Gasteiger partial charge in [0, 0.05) is 11.6 Å². The van der Waals surface area contributed by atoms with E-state index in [0.29, 0.717) is 22.0 Å². The number of carbonyl (C=O) groups is 1. The van der Waals surface area contributed by atoms with E-state index in [1.54, 1.807) is 38.1 Å². The zero-order valence-electron chi connectivity index (χ0n) is 18.8. The van der Waals surface area contributed by atoms with Crippen molar-refractivity contribution in [1.82, 2.24) is 9.88 Å². The number of halogens is 5. The smallest absolute Gasteiger partial charge is 0.455 e. The van der Waals surface area contributed by atoms with E-state index in [1.165, 1.54) is 19.2 Å². The van der Waals surface area contributed by atoms with Gasteiger partial charge in [0.15, 0.2) is 0 Å². The summed E-state index contributed by atoms with van der Waals surface area (Å²) in [4.78, 5) is 16.8. The number of nitrogens with two attached hydrogens (primary N) is 1. The summed E-state index contributed by atoms with van der Waals surface area (Å²) < 4.78 is 75.4. The van der Waals surface area contributed by atoms with Crippen molar-refractivity contribution < 1.29 is 31.5 Å². The number of amides is 1. The van der Waals surface area contributed by atoms with Crippen LogP contribution in [0.2, 0.25) is 0 Å². The quantitative estimate of drug-likeness (QED) is 0.389. The van der Waals surface area contributed by atoms with Gasteiger partial charge in [0.25, 0.3) is 0 Å². The van der Waals surface area contributed by atoms with Crippen LogP contribution in [0.3, 0.4) is 0 Å². The predicted molar refractivity (Wildman–Crippen MR) is 115 cm³/mol. The van der Waals surface area contributed by atoms with E-state index in [9.17, 15) is 32.0 Å². The molecule has 34 heavy (non-hydrogen) atoms. The van der Waals surface area contributed by atoms with Crippen LogP contribution in [0.15, 0.2) is 42.5 Å². The van der Waals surface area contributed by atoms with Crippen molar-refractivity contribution in [3.63, 3.8) is 0 Å². The number of nitrogens with zero attached hydrogens (tertiary/aromatic N) is 3. The van der Waals surface area contributed by atoms with Crippen LogP contribution in [0.25, 0.3) is 11.3 Å². The first-order valence-corrected chi connectivity index (χ1v) is 10.3. The van der Waals surface area contributed by atoms with Crippen molar-refractivity contribution >= 4 is 5.91 Å². The standard InChI is InChI=1S/C23H25F5N4O2/c1-14(2)13-18(21(30)33)32(12-11-29)20(22(24,25)23(26,27)28)16-9-7-15(8-10-16)17-5-4-6-19(31-17)34-3/h4-10,14,18,20H,12-13H2,1-3H3,(H2,30,33)/t18-,20-/m0/s1. The Kier molecular flexibility index (Phi) is 8.56. The zero-order chi connectivity index (χ0) is 25.7. The number of aromatic nitrogens is 1. The van der Waals surface area contributed by atoms with Crippen LogP contribution >= 0.6 is 0 Å². The summed E-state index contributed by atoms with van der Waals surface area (Å²) in [7, 11) is 1.41. The number of hydrogen-bond acceptors (Lipinski definition) is 5. The number of carbonyl (C=O) groups excluding carboxylic acids is 1. The first-order valence-electron chi connectivity index (χ1n) is 10.3. The second-order valence-corrected chi connectivity index (χ2v) is 8.09. The number of benzene rings is 1. The van der Waals surface area contributed by atoms with E-state index < -0.39 is 42.2 Å². The SMILES string of the molecule is COc1cccc(-c2ccc([C@H](N(CC#N)[C@@H](CC(C)C)C(N)=O)C(F)(F)C(F)(F)F)cc2)n1. The van der Waals surface area contributed by atoms with Crippen molar-refractivity contribution in [2.75, 3.05) is 13.7 Å². The molecule has 0 saturated heterocycles. The Labute approximate surface area is 194 Å². The molecule has 0 aliphatic heterocycles. The number of nitriles is 1. The Bertz CT molecular complexity index is 1020.